The Hall–Kier alpha value is -2.29. The average molecular weight is 325 g/mol. The molecule has 0 spiro atoms. The summed E-state index contributed by atoms with van der Waals surface area (Å²) in [4.78, 5) is 12.5. The van der Waals surface area contributed by atoms with Crippen molar-refractivity contribution < 1.29 is 9.53 Å². The fourth-order valence-corrected chi connectivity index (χ4v) is 2.53. The summed E-state index contributed by atoms with van der Waals surface area (Å²) in [7, 11) is 0. The maximum Gasteiger partial charge on any atom is 0.261 e. The third-order valence-corrected chi connectivity index (χ3v) is 4.35. The van der Waals surface area contributed by atoms with E-state index in [4.69, 9.17) is 4.74 Å². The molecule has 0 bridgehead atoms. The van der Waals surface area contributed by atoms with Crippen LogP contribution < -0.4 is 10.1 Å². The predicted molar refractivity (Wildman–Crippen MR) is 98.4 cm³/mol. The lowest BCUT2D eigenvalue weighted by Gasteiger charge is -2.21. The molecule has 0 heterocycles. The van der Waals surface area contributed by atoms with Crippen molar-refractivity contribution in [1.29, 1.82) is 0 Å². The van der Waals surface area contributed by atoms with Gasteiger partial charge < -0.3 is 10.1 Å². The van der Waals surface area contributed by atoms with Crippen molar-refractivity contribution in [3.05, 3.63) is 64.7 Å². The minimum atomic E-state index is -0.485. The summed E-state index contributed by atoms with van der Waals surface area (Å²) in [6, 6.07) is 14.0. The molecule has 1 amide bonds. The quantitative estimate of drug-likeness (QED) is 0.840. The van der Waals surface area contributed by atoms with Crippen LogP contribution in [0, 0.1) is 20.8 Å². The summed E-state index contributed by atoms with van der Waals surface area (Å²) >= 11 is 0. The van der Waals surface area contributed by atoms with Crippen molar-refractivity contribution in [3.63, 3.8) is 0 Å². The lowest BCUT2D eigenvalue weighted by Crippen LogP contribution is -2.39. The van der Waals surface area contributed by atoms with Crippen LogP contribution in [0.5, 0.6) is 5.75 Å². The van der Waals surface area contributed by atoms with Crippen LogP contribution in [0.1, 0.15) is 48.6 Å². The molecule has 0 aromatic heterocycles. The first-order valence-electron chi connectivity index (χ1n) is 8.51. The van der Waals surface area contributed by atoms with E-state index in [1.54, 1.807) is 0 Å². The topological polar surface area (TPSA) is 38.3 Å². The zero-order valence-corrected chi connectivity index (χ0v) is 15.2. The number of nitrogens with one attached hydrogen (secondary N) is 1. The van der Waals surface area contributed by atoms with Gasteiger partial charge in [-0.25, -0.2) is 0 Å². The summed E-state index contributed by atoms with van der Waals surface area (Å²) in [5.41, 5.74) is 4.77. The molecule has 24 heavy (non-hydrogen) atoms. The highest BCUT2D eigenvalue weighted by Crippen LogP contribution is 2.18. The zero-order valence-electron chi connectivity index (χ0n) is 15.2. The number of rotatable bonds is 6. The third kappa shape index (κ3) is 4.60. The maximum atomic E-state index is 12.5. The number of amides is 1. The van der Waals surface area contributed by atoms with Gasteiger partial charge in [0.25, 0.3) is 5.91 Å². The van der Waals surface area contributed by atoms with Crippen molar-refractivity contribution in [1.82, 2.24) is 5.32 Å². The van der Waals surface area contributed by atoms with Gasteiger partial charge in [0.15, 0.2) is 6.10 Å². The minimum absolute atomic E-state index is 0.0486. The Morgan fingerprint density at radius 3 is 2.29 bits per heavy atom. The fourth-order valence-electron chi connectivity index (χ4n) is 2.53. The molecule has 2 aromatic rings. The van der Waals surface area contributed by atoms with Crippen LogP contribution in [-0.4, -0.2) is 12.0 Å². The van der Waals surface area contributed by atoms with Crippen LogP contribution in [0.25, 0.3) is 0 Å². The molecular weight excluding hydrogens is 298 g/mol. The highest BCUT2D eigenvalue weighted by Gasteiger charge is 2.20. The summed E-state index contributed by atoms with van der Waals surface area (Å²) in [5, 5.41) is 3.06. The Morgan fingerprint density at radius 2 is 1.71 bits per heavy atom. The van der Waals surface area contributed by atoms with Gasteiger partial charge in [-0.05, 0) is 62.9 Å². The van der Waals surface area contributed by atoms with E-state index in [1.807, 2.05) is 45.0 Å². The molecular formula is C21H27NO2. The van der Waals surface area contributed by atoms with E-state index >= 15 is 0 Å². The number of ether oxygens (including phenoxy) is 1. The number of hydrogen-bond acceptors (Lipinski definition) is 2. The first kappa shape index (κ1) is 18.1. The van der Waals surface area contributed by atoms with Gasteiger partial charge in [0, 0.05) is 0 Å². The van der Waals surface area contributed by atoms with Crippen LogP contribution in [0.15, 0.2) is 42.5 Å². The highest BCUT2D eigenvalue weighted by molar-refractivity contribution is 5.81. The standard InChI is InChI=1S/C21H27NO2/c1-6-20(24-19-11-7-14(2)8-12-19)21(23)22-17(5)18-10-9-15(3)16(4)13-18/h7-13,17,20H,6H2,1-5H3,(H,22,23). The van der Waals surface area contributed by atoms with Gasteiger partial charge >= 0.3 is 0 Å². The molecule has 0 saturated heterocycles. The molecule has 2 atom stereocenters. The van der Waals surface area contributed by atoms with Gasteiger partial charge in [0.1, 0.15) is 5.75 Å². The molecule has 0 fully saturated rings. The predicted octanol–water partition coefficient (Wildman–Crippen LogP) is 4.65. The Bertz CT molecular complexity index is 691. The van der Waals surface area contributed by atoms with Crippen molar-refractivity contribution >= 4 is 5.91 Å². The van der Waals surface area contributed by atoms with Gasteiger partial charge in [0.05, 0.1) is 6.04 Å². The van der Waals surface area contributed by atoms with Crippen LogP contribution in [0.3, 0.4) is 0 Å². The van der Waals surface area contributed by atoms with E-state index in [0.717, 1.165) is 11.3 Å². The fraction of sp³-hybridized carbons (Fsp3) is 0.381. The van der Waals surface area contributed by atoms with Crippen LogP contribution in [0.4, 0.5) is 0 Å². The molecule has 2 rings (SSSR count). The second-order valence-corrected chi connectivity index (χ2v) is 6.40. The second-order valence-electron chi connectivity index (χ2n) is 6.40. The average Bonchev–Trinajstić information content (AvgIpc) is 2.56. The molecule has 2 unspecified atom stereocenters. The third-order valence-electron chi connectivity index (χ3n) is 4.35. The van der Waals surface area contributed by atoms with Crippen molar-refractivity contribution in [2.24, 2.45) is 0 Å². The van der Waals surface area contributed by atoms with E-state index in [9.17, 15) is 4.79 Å². The molecule has 128 valence electrons. The van der Waals surface area contributed by atoms with E-state index < -0.39 is 6.10 Å². The monoisotopic (exact) mass is 325 g/mol. The Labute approximate surface area is 145 Å². The van der Waals surface area contributed by atoms with Crippen molar-refractivity contribution in [2.45, 2.75) is 53.2 Å². The van der Waals surface area contributed by atoms with Gasteiger partial charge in [-0.3, -0.25) is 4.79 Å². The second kappa shape index (κ2) is 8.00. The van der Waals surface area contributed by atoms with Crippen molar-refractivity contribution in [3.8, 4) is 5.75 Å². The molecule has 3 heteroatoms. The smallest absolute Gasteiger partial charge is 0.261 e. The maximum absolute atomic E-state index is 12.5. The molecule has 1 N–H and O–H groups in total. The summed E-state index contributed by atoms with van der Waals surface area (Å²) in [5.74, 6) is 0.644. The molecule has 0 aliphatic carbocycles. The Morgan fingerprint density at radius 1 is 1.04 bits per heavy atom. The van der Waals surface area contributed by atoms with Crippen molar-refractivity contribution in [2.75, 3.05) is 0 Å². The zero-order chi connectivity index (χ0) is 17.7. The SMILES string of the molecule is CCC(Oc1ccc(C)cc1)C(=O)NC(C)c1ccc(C)c(C)c1. The van der Waals surface area contributed by atoms with Crippen LogP contribution in [-0.2, 0) is 4.79 Å². The number of carbonyl (C=O) groups is 1. The Kier molecular flexibility index (Phi) is 6.02. The van der Waals surface area contributed by atoms with E-state index in [2.05, 4.69) is 37.4 Å². The van der Waals surface area contributed by atoms with Gasteiger partial charge in [-0.15, -0.1) is 0 Å². The van der Waals surface area contributed by atoms with Gasteiger partial charge in [-0.2, -0.15) is 0 Å². The number of hydrogen-bond donors (Lipinski definition) is 1. The molecule has 2 aromatic carbocycles. The molecule has 3 nitrogen and oxygen atoms in total. The number of carbonyl (C=O) groups excluding carboxylic acids is 1. The van der Waals surface area contributed by atoms with Crippen LogP contribution in [0.2, 0.25) is 0 Å². The molecule has 0 aliphatic heterocycles. The summed E-state index contributed by atoms with van der Waals surface area (Å²) in [6.45, 7) is 10.2. The first-order valence-corrected chi connectivity index (χ1v) is 8.51. The normalized spacial score (nSPS) is 13.2. The van der Waals surface area contributed by atoms with E-state index in [1.165, 1.54) is 16.7 Å². The van der Waals surface area contributed by atoms with Gasteiger partial charge in [0.2, 0.25) is 0 Å². The van der Waals surface area contributed by atoms with Gasteiger partial charge in [-0.1, -0.05) is 42.8 Å². The highest BCUT2D eigenvalue weighted by atomic mass is 16.5. The first-order chi connectivity index (χ1) is 11.4. The lowest BCUT2D eigenvalue weighted by atomic mass is 10.0. The molecule has 0 radical (unpaired) electrons. The Balaban J connectivity index is 2.02. The molecule has 0 aliphatic rings. The number of benzene rings is 2. The number of aryl methyl sites for hydroxylation is 3. The minimum Gasteiger partial charge on any atom is -0.481 e. The molecule has 0 saturated carbocycles. The van der Waals surface area contributed by atoms with E-state index in [-0.39, 0.29) is 11.9 Å². The lowest BCUT2D eigenvalue weighted by molar-refractivity contribution is -0.128. The summed E-state index contributed by atoms with van der Waals surface area (Å²) < 4.78 is 5.85. The summed E-state index contributed by atoms with van der Waals surface area (Å²) in [6.07, 6.45) is 0.140. The van der Waals surface area contributed by atoms with Crippen LogP contribution >= 0.6 is 0 Å². The van der Waals surface area contributed by atoms with E-state index in [0.29, 0.717) is 6.42 Å². The largest absolute Gasteiger partial charge is 0.481 e.